The van der Waals surface area contributed by atoms with Crippen LogP contribution in [0.1, 0.15) is 13.8 Å². The molecule has 5 atom stereocenters. The first-order valence-electron chi connectivity index (χ1n) is 8.24. The van der Waals surface area contributed by atoms with Crippen LogP contribution in [0.5, 0.6) is 0 Å². The number of allylic oxidation sites excluding steroid dienone is 2. The maximum atomic E-state index is 12.9. The van der Waals surface area contributed by atoms with Crippen molar-refractivity contribution in [1.82, 2.24) is 0 Å². The largest absolute Gasteiger partial charge is 0.348 e. The molecule has 0 aromatic rings. The van der Waals surface area contributed by atoms with Crippen LogP contribution in [-0.4, -0.2) is 44.8 Å². The third-order valence-corrected chi connectivity index (χ3v) is 5.71. The smallest absolute Gasteiger partial charge is 0.236 e. The van der Waals surface area contributed by atoms with Crippen molar-refractivity contribution in [2.24, 2.45) is 29.1 Å². The number of hydrogen-bond donors (Lipinski definition) is 0. The Labute approximate surface area is 136 Å². The molecule has 0 unspecified atom stereocenters. The predicted octanol–water partition coefficient (Wildman–Crippen LogP) is 1.93. The average molecular weight is 320 g/mol. The van der Waals surface area contributed by atoms with E-state index in [0.717, 1.165) is 5.57 Å². The summed E-state index contributed by atoms with van der Waals surface area (Å²) in [6, 6.07) is 0. The molecule has 2 saturated heterocycles. The molecule has 0 spiro atoms. The van der Waals surface area contributed by atoms with E-state index < -0.39 is 12.1 Å². The summed E-state index contributed by atoms with van der Waals surface area (Å²) in [7, 11) is 1.55. The zero-order valence-corrected chi connectivity index (χ0v) is 13.9. The number of hydrogen-bond acceptors (Lipinski definition) is 5. The van der Waals surface area contributed by atoms with E-state index in [9.17, 15) is 4.79 Å². The molecule has 1 saturated carbocycles. The van der Waals surface area contributed by atoms with Crippen molar-refractivity contribution < 1.29 is 23.7 Å². The van der Waals surface area contributed by atoms with Gasteiger partial charge in [-0.1, -0.05) is 26.0 Å². The zero-order chi connectivity index (χ0) is 16.4. The van der Waals surface area contributed by atoms with Gasteiger partial charge in [0, 0.05) is 24.4 Å². The highest BCUT2D eigenvalue weighted by molar-refractivity contribution is 5.94. The number of ether oxygens (including phenoxy) is 4. The minimum Gasteiger partial charge on any atom is -0.348 e. The van der Waals surface area contributed by atoms with Crippen LogP contribution in [0, 0.1) is 29.1 Å². The van der Waals surface area contributed by atoms with Gasteiger partial charge in [-0.3, -0.25) is 4.79 Å². The summed E-state index contributed by atoms with van der Waals surface area (Å²) in [6.07, 6.45) is 3.49. The van der Waals surface area contributed by atoms with E-state index in [2.05, 4.69) is 20.4 Å². The molecular weight excluding hydrogens is 296 g/mol. The van der Waals surface area contributed by atoms with Gasteiger partial charge in [0.1, 0.15) is 0 Å². The van der Waals surface area contributed by atoms with Crippen LogP contribution >= 0.6 is 0 Å². The molecule has 126 valence electrons. The lowest BCUT2D eigenvalue weighted by Gasteiger charge is -2.50. The van der Waals surface area contributed by atoms with Crippen molar-refractivity contribution in [2.75, 3.05) is 26.9 Å². The van der Waals surface area contributed by atoms with Crippen LogP contribution in [0.3, 0.4) is 0 Å². The lowest BCUT2D eigenvalue weighted by atomic mass is 9.57. The van der Waals surface area contributed by atoms with Crippen molar-refractivity contribution >= 4 is 5.78 Å². The Bertz CT molecular complexity index is 570. The summed E-state index contributed by atoms with van der Waals surface area (Å²) < 4.78 is 23.4. The summed E-state index contributed by atoms with van der Waals surface area (Å²) in [4.78, 5) is 12.9. The Morgan fingerprint density at radius 2 is 2.04 bits per heavy atom. The minimum atomic E-state index is -1.17. The summed E-state index contributed by atoms with van der Waals surface area (Å²) >= 11 is 0. The molecule has 2 heterocycles. The van der Waals surface area contributed by atoms with Crippen LogP contribution in [0.2, 0.25) is 0 Å². The Balaban J connectivity index is 1.71. The molecule has 5 rings (SSSR count). The molecule has 0 aromatic carbocycles. The highest BCUT2D eigenvalue weighted by atomic mass is 16.7. The van der Waals surface area contributed by atoms with Crippen molar-refractivity contribution in [3.05, 3.63) is 24.3 Å². The van der Waals surface area contributed by atoms with Gasteiger partial charge in [0.15, 0.2) is 12.1 Å². The van der Waals surface area contributed by atoms with Crippen molar-refractivity contribution in [3.63, 3.8) is 0 Å². The van der Waals surface area contributed by atoms with E-state index in [1.165, 1.54) is 0 Å². The molecule has 2 aliphatic heterocycles. The summed E-state index contributed by atoms with van der Waals surface area (Å²) in [6.45, 7) is 9.93. The van der Waals surface area contributed by atoms with Crippen molar-refractivity contribution in [2.45, 2.75) is 25.9 Å². The molecule has 0 amide bonds. The van der Waals surface area contributed by atoms with E-state index in [1.54, 1.807) is 7.11 Å². The van der Waals surface area contributed by atoms with Gasteiger partial charge < -0.3 is 18.9 Å². The molecule has 5 aliphatic rings. The number of carbonyl (C=O) groups excluding carboxylic acids is 1. The number of Topliss-reactive ketones (excluding diaryl/α,β-unsaturated/α-hetero) is 1. The van der Waals surface area contributed by atoms with Crippen molar-refractivity contribution in [3.8, 4) is 0 Å². The monoisotopic (exact) mass is 320 g/mol. The number of rotatable bonds is 3. The van der Waals surface area contributed by atoms with E-state index in [0.29, 0.717) is 19.8 Å². The molecule has 0 N–H and O–H groups in total. The van der Waals surface area contributed by atoms with Gasteiger partial charge in [0.05, 0.1) is 25.7 Å². The van der Waals surface area contributed by atoms with E-state index in [1.807, 2.05) is 12.2 Å². The number of carbonyl (C=O) groups is 1. The van der Waals surface area contributed by atoms with Gasteiger partial charge in [-0.05, 0) is 11.5 Å². The summed E-state index contributed by atoms with van der Waals surface area (Å²) in [5.74, 6) is -1.29. The first kappa shape index (κ1) is 15.5. The fourth-order valence-electron chi connectivity index (χ4n) is 4.60. The normalized spacial score (nSPS) is 45.2. The van der Waals surface area contributed by atoms with E-state index in [-0.39, 0.29) is 34.9 Å². The van der Waals surface area contributed by atoms with Crippen LogP contribution in [0.15, 0.2) is 24.3 Å². The Kier molecular flexibility index (Phi) is 3.37. The second kappa shape index (κ2) is 4.99. The maximum Gasteiger partial charge on any atom is 0.236 e. The zero-order valence-electron chi connectivity index (χ0n) is 13.9. The Morgan fingerprint density at radius 1 is 1.35 bits per heavy atom. The first-order valence-corrected chi connectivity index (χ1v) is 8.24. The van der Waals surface area contributed by atoms with Gasteiger partial charge in [0.2, 0.25) is 5.79 Å². The molecule has 23 heavy (non-hydrogen) atoms. The SMILES string of the molecule is C=C[C@H]1[C@H]2CO[C@@]3(OC)C(=O)[C@@H]1C=C(C1OCC(C)(C)CO1)[C@@H]23. The standard InChI is InChI=1S/C18H24O5/c1-5-10-11-6-12(16-21-8-17(2,3)9-22-16)14-13(10)7-23-18(14,20-4)15(11)19/h5-6,10-11,13-14,16H,1,7-9H2,2-4H3/t10-,11-,13-,14+,18-/m1/s1. The fourth-order valence-corrected chi connectivity index (χ4v) is 4.60. The Hall–Kier alpha value is -1.01. The van der Waals surface area contributed by atoms with E-state index in [4.69, 9.17) is 18.9 Å². The average Bonchev–Trinajstić information content (AvgIpc) is 2.90. The van der Waals surface area contributed by atoms with Gasteiger partial charge in [-0.25, -0.2) is 0 Å². The van der Waals surface area contributed by atoms with Crippen LogP contribution in [0.25, 0.3) is 0 Å². The van der Waals surface area contributed by atoms with Crippen LogP contribution in [-0.2, 0) is 23.7 Å². The van der Waals surface area contributed by atoms with Crippen molar-refractivity contribution in [1.29, 1.82) is 0 Å². The lowest BCUT2D eigenvalue weighted by molar-refractivity contribution is -0.237. The second-order valence-corrected chi connectivity index (χ2v) is 7.81. The fraction of sp³-hybridized carbons (Fsp3) is 0.722. The third-order valence-electron chi connectivity index (χ3n) is 5.71. The van der Waals surface area contributed by atoms with Gasteiger partial charge in [-0.15, -0.1) is 6.58 Å². The molecule has 3 aliphatic carbocycles. The molecule has 3 fully saturated rings. The molecule has 5 heteroatoms. The van der Waals surface area contributed by atoms with Crippen LogP contribution in [0.4, 0.5) is 0 Å². The number of ketones is 1. The molecule has 4 bridgehead atoms. The van der Waals surface area contributed by atoms with Gasteiger partial charge in [0.25, 0.3) is 0 Å². The predicted molar refractivity (Wildman–Crippen MR) is 82.4 cm³/mol. The first-order chi connectivity index (χ1) is 10.9. The highest BCUT2D eigenvalue weighted by Gasteiger charge is 2.68. The van der Waals surface area contributed by atoms with Crippen LogP contribution < -0.4 is 0 Å². The molecule has 5 nitrogen and oxygen atoms in total. The van der Waals surface area contributed by atoms with Gasteiger partial charge >= 0.3 is 0 Å². The quantitative estimate of drug-likeness (QED) is 0.744. The van der Waals surface area contributed by atoms with Gasteiger partial charge in [-0.2, -0.15) is 0 Å². The highest BCUT2D eigenvalue weighted by Crippen LogP contribution is 2.58. The topological polar surface area (TPSA) is 54.0 Å². The lowest BCUT2D eigenvalue weighted by Crippen LogP contribution is -2.60. The summed E-state index contributed by atoms with van der Waals surface area (Å²) in [5, 5.41) is 0. The Morgan fingerprint density at radius 3 is 2.65 bits per heavy atom. The second-order valence-electron chi connectivity index (χ2n) is 7.81. The third kappa shape index (κ3) is 1.97. The molecule has 0 aromatic heterocycles. The van der Waals surface area contributed by atoms with E-state index >= 15 is 0 Å². The molecule has 0 radical (unpaired) electrons. The minimum absolute atomic E-state index is 0.00328. The number of methoxy groups -OCH3 is 1. The summed E-state index contributed by atoms with van der Waals surface area (Å²) in [5.41, 5.74) is 1.02. The molecular formula is C18H24O5. The maximum absolute atomic E-state index is 12.9.